The van der Waals surface area contributed by atoms with Crippen molar-refractivity contribution in [2.75, 3.05) is 0 Å². The van der Waals surface area contributed by atoms with E-state index in [-0.39, 0.29) is 5.82 Å². The van der Waals surface area contributed by atoms with Gasteiger partial charge < -0.3 is 10.4 Å². The minimum atomic E-state index is -1.10. The van der Waals surface area contributed by atoms with Crippen molar-refractivity contribution in [1.29, 1.82) is 0 Å². The molecule has 0 aliphatic heterocycles. The lowest BCUT2D eigenvalue weighted by Crippen LogP contribution is -2.38. The van der Waals surface area contributed by atoms with Crippen molar-refractivity contribution < 1.29 is 19.1 Å². The first-order chi connectivity index (χ1) is 8.90. The van der Waals surface area contributed by atoms with Gasteiger partial charge in [0.15, 0.2) is 0 Å². The average molecular weight is 281 g/mol. The number of hydrogen-bond acceptors (Lipinski definition) is 3. The molecule has 1 amide bonds. The van der Waals surface area contributed by atoms with Crippen LogP contribution in [0.1, 0.15) is 22.2 Å². The van der Waals surface area contributed by atoms with Crippen LogP contribution in [0.2, 0.25) is 0 Å². The lowest BCUT2D eigenvalue weighted by atomic mass is 10.1. The van der Waals surface area contributed by atoms with Crippen LogP contribution in [0, 0.1) is 12.7 Å². The second-order valence-electron chi connectivity index (χ2n) is 4.23. The van der Waals surface area contributed by atoms with Gasteiger partial charge in [-0.15, -0.1) is 11.3 Å². The maximum Gasteiger partial charge on any atom is 0.325 e. The molecule has 1 atom stereocenters. The molecule has 0 unspecified atom stereocenters. The molecule has 2 rings (SSSR count). The van der Waals surface area contributed by atoms with E-state index in [4.69, 9.17) is 5.11 Å². The fourth-order valence-electron chi connectivity index (χ4n) is 1.73. The van der Waals surface area contributed by atoms with Crippen LogP contribution in [-0.2, 0) is 4.79 Å². The number of fused-ring (bicyclic) bond motifs is 1. The number of halogens is 1. The fourth-order valence-corrected chi connectivity index (χ4v) is 2.83. The van der Waals surface area contributed by atoms with E-state index in [1.807, 2.05) is 0 Å². The van der Waals surface area contributed by atoms with Gasteiger partial charge in [-0.2, -0.15) is 0 Å². The summed E-state index contributed by atoms with van der Waals surface area (Å²) in [6, 6.07) is 3.35. The number of carbonyl (C=O) groups is 2. The van der Waals surface area contributed by atoms with Crippen molar-refractivity contribution in [2.45, 2.75) is 19.9 Å². The van der Waals surface area contributed by atoms with Gasteiger partial charge in [-0.25, -0.2) is 4.39 Å². The van der Waals surface area contributed by atoms with Crippen LogP contribution in [0.15, 0.2) is 18.2 Å². The lowest BCUT2D eigenvalue weighted by Gasteiger charge is -2.08. The van der Waals surface area contributed by atoms with E-state index in [0.29, 0.717) is 15.8 Å². The highest BCUT2D eigenvalue weighted by Gasteiger charge is 2.20. The van der Waals surface area contributed by atoms with Crippen molar-refractivity contribution in [3.05, 3.63) is 34.5 Å². The third kappa shape index (κ3) is 2.58. The highest BCUT2D eigenvalue weighted by molar-refractivity contribution is 7.21. The Balaban J connectivity index is 2.37. The summed E-state index contributed by atoms with van der Waals surface area (Å²) in [5.74, 6) is -1.91. The van der Waals surface area contributed by atoms with E-state index < -0.39 is 17.9 Å². The summed E-state index contributed by atoms with van der Waals surface area (Å²) in [5, 5.41) is 11.8. The number of aryl methyl sites for hydroxylation is 1. The number of nitrogens with one attached hydrogen (secondary N) is 1. The molecular formula is C13H12FNO3S. The normalized spacial score (nSPS) is 12.4. The minimum absolute atomic E-state index is 0.362. The smallest absolute Gasteiger partial charge is 0.325 e. The summed E-state index contributed by atoms with van der Waals surface area (Å²) in [5.41, 5.74) is 0.662. The Kier molecular flexibility index (Phi) is 3.53. The molecule has 0 saturated carbocycles. The van der Waals surface area contributed by atoms with Crippen LogP contribution in [0.3, 0.4) is 0 Å². The molecule has 0 radical (unpaired) electrons. The van der Waals surface area contributed by atoms with Gasteiger partial charge in [-0.05, 0) is 43.0 Å². The summed E-state index contributed by atoms with van der Waals surface area (Å²) < 4.78 is 14.0. The van der Waals surface area contributed by atoms with E-state index in [2.05, 4.69) is 5.32 Å². The van der Waals surface area contributed by atoms with Crippen molar-refractivity contribution in [1.82, 2.24) is 5.32 Å². The molecule has 0 aliphatic rings. The third-order valence-electron chi connectivity index (χ3n) is 2.82. The number of carboxylic acid groups (broad SMARTS) is 1. The Bertz CT molecular complexity index is 665. The summed E-state index contributed by atoms with van der Waals surface area (Å²) in [7, 11) is 0. The molecule has 6 heteroatoms. The number of carboxylic acids is 1. The number of amides is 1. The Morgan fingerprint density at radius 2 is 2.11 bits per heavy atom. The quantitative estimate of drug-likeness (QED) is 0.908. The zero-order valence-corrected chi connectivity index (χ0v) is 11.2. The molecule has 0 saturated heterocycles. The monoisotopic (exact) mass is 281 g/mol. The van der Waals surface area contributed by atoms with Gasteiger partial charge in [0.1, 0.15) is 11.9 Å². The van der Waals surface area contributed by atoms with Gasteiger partial charge >= 0.3 is 5.97 Å². The summed E-state index contributed by atoms with van der Waals surface area (Å²) in [4.78, 5) is 23.1. The molecule has 1 aromatic heterocycles. The molecule has 0 bridgehead atoms. The highest BCUT2D eigenvalue weighted by Crippen LogP contribution is 2.31. The van der Waals surface area contributed by atoms with Crippen molar-refractivity contribution in [3.63, 3.8) is 0 Å². The fraction of sp³-hybridized carbons (Fsp3) is 0.231. The van der Waals surface area contributed by atoms with Crippen LogP contribution in [0.4, 0.5) is 4.39 Å². The van der Waals surface area contributed by atoms with Gasteiger partial charge in [0.05, 0.1) is 4.88 Å². The van der Waals surface area contributed by atoms with Crippen LogP contribution in [-0.4, -0.2) is 23.0 Å². The molecule has 1 heterocycles. The first-order valence-electron chi connectivity index (χ1n) is 5.62. The van der Waals surface area contributed by atoms with Gasteiger partial charge in [-0.3, -0.25) is 9.59 Å². The highest BCUT2D eigenvalue weighted by atomic mass is 32.1. The minimum Gasteiger partial charge on any atom is -0.480 e. The van der Waals surface area contributed by atoms with Crippen LogP contribution in [0.25, 0.3) is 10.1 Å². The molecule has 0 aliphatic carbocycles. The van der Waals surface area contributed by atoms with E-state index in [1.165, 1.54) is 30.4 Å². The van der Waals surface area contributed by atoms with E-state index in [0.717, 1.165) is 4.70 Å². The summed E-state index contributed by atoms with van der Waals surface area (Å²) >= 11 is 1.22. The number of benzene rings is 1. The van der Waals surface area contributed by atoms with Gasteiger partial charge in [0.2, 0.25) is 0 Å². The number of hydrogen-bond donors (Lipinski definition) is 2. The van der Waals surface area contributed by atoms with E-state index >= 15 is 0 Å². The molecule has 100 valence electrons. The average Bonchev–Trinajstić information content (AvgIpc) is 2.66. The van der Waals surface area contributed by atoms with Gasteiger partial charge in [0.25, 0.3) is 5.91 Å². The predicted octanol–water partition coefficient (Wildman–Crippen LogP) is 2.55. The van der Waals surface area contributed by atoms with Crippen molar-refractivity contribution >= 4 is 33.3 Å². The van der Waals surface area contributed by atoms with Crippen molar-refractivity contribution in [3.8, 4) is 0 Å². The number of carbonyl (C=O) groups excluding carboxylic acids is 1. The Labute approximate surface area is 112 Å². The number of rotatable bonds is 3. The first kappa shape index (κ1) is 13.5. The molecule has 19 heavy (non-hydrogen) atoms. The molecular weight excluding hydrogens is 269 g/mol. The SMILES string of the molecule is Cc1c(C(=O)N[C@@H](C)C(=O)O)sc2ccc(F)cc12. The maximum absolute atomic E-state index is 13.2. The molecule has 2 N–H and O–H groups in total. The zero-order valence-electron chi connectivity index (χ0n) is 10.4. The summed E-state index contributed by atoms with van der Waals surface area (Å²) in [6.07, 6.45) is 0. The Morgan fingerprint density at radius 1 is 1.42 bits per heavy atom. The predicted molar refractivity (Wildman–Crippen MR) is 71.1 cm³/mol. The Hall–Kier alpha value is -1.95. The van der Waals surface area contributed by atoms with Crippen LogP contribution < -0.4 is 5.32 Å². The zero-order chi connectivity index (χ0) is 14.2. The van der Waals surface area contributed by atoms with Crippen molar-refractivity contribution in [2.24, 2.45) is 0 Å². The Morgan fingerprint density at radius 3 is 2.74 bits per heavy atom. The second-order valence-corrected chi connectivity index (χ2v) is 5.28. The standard InChI is InChI=1S/C13H12FNO3S/c1-6-9-5-8(14)3-4-10(9)19-11(6)12(16)15-7(2)13(17)18/h3-5,7H,1-2H3,(H,15,16)(H,17,18)/t7-/m0/s1. The third-order valence-corrected chi connectivity index (χ3v) is 4.09. The molecule has 0 spiro atoms. The first-order valence-corrected chi connectivity index (χ1v) is 6.44. The van der Waals surface area contributed by atoms with E-state index in [9.17, 15) is 14.0 Å². The van der Waals surface area contributed by atoms with E-state index in [1.54, 1.807) is 13.0 Å². The molecule has 4 nitrogen and oxygen atoms in total. The van der Waals surface area contributed by atoms with Crippen LogP contribution >= 0.6 is 11.3 Å². The summed E-state index contributed by atoms with van der Waals surface area (Å²) in [6.45, 7) is 3.11. The van der Waals surface area contributed by atoms with Gasteiger partial charge in [0, 0.05) is 4.70 Å². The number of aliphatic carboxylic acids is 1. The lowest BCUT2D eigenvalue weighted by molar-refractivity contribution is -0.138. The maximum atomic E-state index is 13.2. The van der Waals surface area contributed by atoms with Gasteiger partial charge in [-0.1, -0.05) is 0 Å². The van der Waals surface area contributed by atoms with Crippen LogP contribution in [0.5, 0.6) is 0 Å². The second kappa shape index (κ2) is 4.97. The molecule has 1 aromatic carbocycles. The topological polar surface area (TPSA) is 66.4 Å². The molecule has 0 fully saturated rings. The largest absolute Gasteiger partial charge is 0.480 e. The molecule has 2 aromatic rings. The number of thiophene rings is 1.